The molecule has 4 fully saturated rings. The average Bonchev–Trinajstić information content (AvgIpc) is 2.91. The summed E-state index contributed by atoms with van der Waals surface area (Å²) >= 11 is 39.5. The first-order valence-corrected chi connectivity index (χ1v) is 8.52. The number of hydrogen-bond donors (Lipinski definition) is 0. The van der Waals surface area contributed by atoms with Crippen LogP contribution in [0, 0.1) is 23.7 Å². The summed E-state index contributed by atoms with van der Waals surface area (Å²) in [5, 5.41) is 0.642. The van der Waals surface area contributed by atoms with Gasteiger partial charge in [-0.1, -0.05) is 46.4 Å². The van der Waals surface area contributed by atoms with Gasteiger partial charge in [0.1, 0.15) is 9.75 Å². The quantitative estimate of drug-likeness (QED) is 0.343. The molecule has 4 aliphatic carbocycles. The molecule has 0 N–H and O–H groups in total. The van der Waals surface area contributed by atoms with E-state index in [9.17, 15) is 0 Å². The number of halogens is 6. The third-order valence-electron chi connectivity index (χ3n) is 5.92. The van der Waals surface area contributed by atoms with Gasteiger partial charge in [-0.05, 0) is 30.1 Å². The van der Waals surface area contributed by atoms with Gasteiger partial charge in [-0.3, -0.25) is 0 Å². The van der Waals surface area contributed by atoms with Gasteiger partial charge in [0.2, 0.25) is 0 Å². The molecule has 0 aromatic rings. The van der Waals surface area contributed by atoms with Crippen molar-refractivity contribution >= 4 is 69.6 Å². The fourth-order valence-corrected chi connectivity index (χ4v) is 8.43. The number of rotatable bonds is 0. The molecule has 0 spiro atoms. The third-order valence-corrected chi connectivity index (χ3v) is 10.2. The van der Waals surface area contributed by atoms with Crippen LogP contribution < -0.4 is 0 Å². The zero-order chi connectivity index (χ0) is 13.5. The maximum absolute atomic E-state index is 6.82. The molecule has 1 aliphatic heterocycles. The first-order valence-electron chi connectivity index (χ1n) is 6.25. The smallest absolute Gasteiger partial charge is 0.166 e. The minimum absolute atomic E-state index is 0.0467. The second-order valence-corrected chi connectivity index (χ2v) is 9.58. The Balaban J connectivity index is 1.80. The van der Waals surface area contributed by atoms with Crippen LogP contribution in [0.25, 0.3) is 0 Å². The van der Waals surface area contributed by atoms with Crippen LogP contribution in [0.4, 0.5) is 0 Å². The summed E-state index contributed by atoms with van der Waals surface area (Å²) in [4.78, 5) is -2.17. The summed E-state index contributed by atoms with van der Waals surface area (Å²) in [6, 6.07) is 0. The van der Waals surface area contributed by atoms with Crippen LogP contribution in [0.15, 0.2) is 10.1 Å². The summed E-state index contributed by atoms with van der Waals surface area (Å²) in [7, 11) is 0. The molecule has 0 radical (unpaired) electrons. The minimum atomic E-state index is -1.37. The summed E-state index contributed by atoms with van der Waals surface area (Å²) in [6.07, 6.45) is 1.63. The predicted octanol–water partition coefficient (Wildman–Crippen LogP) is 4.48. The van der Waals surface area contributed by atoms with E-state index in [1.807, 2.05) is 0 Å². The second-order valence-electron chi connectivity index (χ2n) is 6.31. The van der Waals surface area contributed by atoms with E-state index < -0.39 is 14.1 Å². The summed E-state index contributed by atoms with van der Waals surface area (Å²) in [5.41, 5.74) is 0. The average molecular weight is 381 g/mol. The largest absolute Gasteiger partial charge is 0.369 e. The molecule has 1 nitrogen and oxygen atoms in total. The lowest BCUT2D eigenvalue weighted by Gasteiger charge is -2.38. The van der Waals surface area contributed by atoms with Gasteiger partial charge in [0.25, 0.3) is 0 Å². The summed E-state index contributed by atoms with van der Waals surface area (Å²) in [6.45, 7) is 0. The van der Waals surface area contributed by atoms with Crippen molar-refractivity contribution in [3.05, 3.63) is 10.1 Å². The Hall–Kier alpha value is 1.44. The Morgan fingerprint density at radius 3 is 1.68 bits per heavy atom. The van der Waals surface area contributed by atoms with E-state index in [2.05, 4.69) is 0 Å². The second kappa shape index (κ2) is 3.20. The van der Waals surface area contributed by atoms with E-state index in [1.54, 1.807) is 0 Å². The number of allylic oxidation sites excluding steroid dienone is 2. The predicted molar refractivity (Wildman–Crippen MR) is 77.6 cm³/mol. The first-order chi connectivity index (χ1) is 8.78. The molecule has 1 saturated heterocycles. The molecule has 19 heavy (non-hydrogen) atoms. The van der Waals surface area contributed by atoms with E-state index in [0.29, 0.717) is 21.9 Å². The molecule has 5 rings (SSSR count). The molecule has 0 amide bonds. The Labute approximate surface area is 140 Å². The Kier molecular flexibility index (Phi) is 2.18. The Bertz CT molecular complexity index is 516. The Morgan fingerprint density at radius 2 is 1.26 bits per heavy atom. The number of alkyl halides is 4. The normalized spacial score (nSPS) is 66.6. The zero-order valence-corrected chi connectivity index (χ0v) is 13.9. The molecule has 7 heteroatoms. The van der Waals surface area contributed by atoms with Crippen molar-refractivity contribution < 1.29 is 4.74 Å². The van der Waals surface area contributed by atoms with Crippen LogP contribution in [0.3, 0.4) is 0 Å². The van der Waals surface area contributed by atoms with Crippen molar-refractivity contribution in [2.45, 2.75) is 32.7 Å². The van der Waals surface area contributed by atoms with Crippen LogP contribution in [0.1, 0.15) is 6.42 Å². The molecule has 4 bridgehead atoms. The summed E-state index contributed by atoms with van der Waals surface area (Å²) < 4.78 is 4.35. The van der Waals surface area contributed by atoms with Crippen molar-refractivity contribution in [3.63, 3.8) is 0 Å². The number of hydrogen-bond acceptors (Lipinski definition) is 1. The molecular weight excluding hydrogens is 373 g/mol. The third kappa shape index (κ3) is 0.986. The lowest BCUT2D eigenvalue weighted by atomic mass is 9.73. The highest BCUT2D eigenvalue weighted by molar-refractivity contribution is 6.65. The SMILES string of the molecule is ClC1=C(Cl)[C@]2(Cl)C3C4CC(C5OC45)C3[C@@]1(Cl)C2(Cl)Cl. The maximum atomic E-state index is 6.82. The maximum Gasteiger partial charge on any atom is 0.166 e. The molecule has 104 valence electrons. The van der Waals surface area contributed by atoms with Gasteiger partial charge >= 0.3 is 0 Å². The van der Waals surface area contributed by atoms with Gasteiger partial charge in [0.15, 0.2) is 4.33 Å². The van der Waals surface area contributed by atoms with E-state index >= 15 is 0 Å². The van der Waals surface area contributed by atoms with Crippen molar-refractivity contribution in [1.82, 2.24) is 0 Å². The number of ether oxygens (including phenoxy) is 1. The zero-order valence-electron chi connectivity index (χ0n) is 9.35. The standard InChI is InChI=1S/C12H8Cl6O/c13-8-9(14)11(16)5-3-1-2(6-7(3)19-6)4(5)10(8,15)12(11,17)18/h2-7H,1H2/t2?,3?,4?,5?,6?,7?,10-,11+. The highest BCUT2D eigenvalue weighted by Gasteiger charge is 2.89. The molecular formula is C12H8Cl6O. The van der Waals surface area contributed by atoms with Crippen LogP contribution in [0.5, 0.6) is 0 Å². The number of epoxide rings is 1. The van der Waals surface area contributed by atoms with Gasteiger partial charge in [-0.25, -0.2) is 0 Å². The van der Waals surface area contributed by atoms with Crippen LogP contribution in [-0.4, -0.2) is 26.3 Å². The van der Waals surface area contributed by atoms with E-state index in [-0.39, 0.29) is 24.0 Å². The molecule has 5 aliphatic rings. The van der Waals surface area contributed by atoms with Gasteiger partial charge in [-0.15, -0.1) is 23.2 Å². The molecule has 0 aromatic heterocycles. The van der Waals surface area contributed by atoms with E-state index in [0.717, 1.165) is 6.42 Å². The van der Waals surface area contributed by atoms with Crippen molar-refractivity contribution in [3.8, 4) is 0 Å². The topological polar surface area (TPSA) is 12.5 Å². The number of fused-ring (bicyclic) bond motifs is 12. The van der Waals surface area contributed by atoms with Gasteiger partial charge < -0.3 is 4.74 Å². The summed E-state index contributed by atoms with van der Waals surface area (Å²) in [5.74, 6) is 0.776. The molecule has 0 aromatic carbocycles. The highest BCUT2D eigenvalue weighted by atomic mass is 35.5. The van der Waals surface area contributed by atoms with Crippen LogP contribution in [-0.2, 0) is 4.74 Å². The van der Waals surface area contributed by atoms with Gasteiger partial charge in [0, 0.05) is 0 Å². The molecule has 1 heterocycles. The molecule has 6 unspecified atom stereocenters. The van der Waals surface area contributed by atoms with Crippen molar-refractivity contribution in [2.24, 2.45) is 23.7 Å². The van der Waals surface area contributed by atoms with Gasteiger partial charge in [0.05, 0.1) is 22.3 Å². The van der Waals surface area contributed by atoms with Crippen LogP contribution in [0.2, 0.25) is 0 Å². The monoisotopic (exact) mass is 378 g/mol. The lowest BCUT2D eigenvalue weighted by molar-refractivity contribution is 0.237. The fourth-order valence-electron chi connectivity index (χ4n) is 5.30. The van der Waals surface area contributed by atoms with Crippen molar-refractivity contribution in [2.75, 3.05) is 0 Å². The van der Waals surface area contributed by atoms with Crippen LogP contribution >= 0.6 is 69.6 Å². The van der Waals surface area contributed by atoms with E-state index in [1.165, 1.54) is 0 Å². The molecule has 3 saturated carbocycles. The highest BCUT2D eigenvalue weighted by Crippen LogP contribution is 2.84. The lowest BCUT2D eigenvalue weighted by Crippen LogP contribution is -2.46. The first kappa shape index (κ1) is 12.9. The Morgan fingerprint density at radius 1 is 0.842 bits per heavy atom. The minimum Gasteiger partial charge on any atom is -0.369 e. The fraction of sp³-hybridized carbons (Fsp3) is 0.833. The van der Waals surface area contributed by atoms with Gasteiger partial charge in [-0.2, -0.15) is 0 Å². The van der Waals surface area contributed by atoms with Crippen molar-refractivity contribution in [1.29, 1.82) is 0 Å². The molecule has 8 atom stereocenters. The van der Waals surface area contributed by atoms with E-state index in [4.69, 9.17) is 74.3 Å².